The lowest BCUT2D eigenvalue weighted by Crippen LogP contribution is -2.32. The van der Waals surface area contributed by atoms with Gasteiger partial charge in [0.15, 0.2) is 0 Å². The zero-order chi connectivity index (χ0) is 22.3. The predicted molar refractivity (Wildman–Crippen MR) is 126 cm³/mol. The third-order valence-electron chi connectivity index (χ3n) is 6.57. The van der Waals surface area contributed by atoms with Crippen LogP contribution in [0.15, 0.2) is 36.4 Å². The van der Waals surface area contributed by atoms with Gasteiger partial charge in [0.1, 0.15) is 5.75 Å². The van der Waals surface area contributed by atoms with Crippen molar-refractivity contribution in [3.05, 3.63) is 64.2 Å². The molecular weight excluding hydrogens is 384 g/mol. The lowest BCUT2D eigenvalue weighted by atomic mass is 9.71. The average molecular weight is 419 g/mol. The SMILES string of the molecule is CCOC(=O)CCc1ccc(C#Cc2cc3c(cc2CC)OCCC3(CC)CC)cc1. The second-order valence-electron chi connectivity index (χ2n) is 8.20. The molecule has 0 radical (unpaired) electrons. The smallest absolute Gasteiger partial charge is 0.306 e. The molecule has 0 aromatic heterocycles. The molecule has 1 aliphatic heterocycles. The molecule has 0 amide bonds. The Bertz CT molecular complexity index is 956. The maximum absolute atomic E-state index is 11.5. The first-order chi connectivity index (χ1) is 15.0. The number of hydrogen-bond donors (Lipinski definition) is 0. The summed E-state index contributed by atoms with van der Waals surface area (Å²) < 4.78 is 11.0. The highest BCUT2D eigenvalue weighted by atomic mass is 16.5. The zero-order valence-electron chi connectivity index (χ0n) is 19.3. The topological polar surface area (TPSA) is 35.5 Å². The Kier molecular flexibility index (Phi) is 7.80. The Morgan fingerprint density at radius 1 is 1.06 bits per heavy atom. The van der Waals surface area contributed by atoms with Crippen LogP contribution < -0.4 is 4.74 Å². The molecule has 3 heteroatoms. The van der Waals surface area contributed by atoms with Crippen molar-refractivity contribution in [2.45, 2.75) is 71.6 Å². The van der Waals surface area contributed by atoms with Gasteiger partial charge in [-0.2, -0.15) is 0 Å². The first-order valence-electron chi connectivity index (χ1n) is 11.6. The van der Waals surface area contributed by atoms with Gasteiger partial charge in [-0.1, -0.05) is 44.7 Å². The molecule has 0 atom stereocenters. The lowest BCUT2D eigenvalue weighted by Gasteiger charge is -2.38. The van der Waals surface area contributed by atoms with Gasteiger partial charge >= 0.3 is 5.97 Å². The summed E-state index contributed by atoms with van der Waals surface area (Å²) in [6, 6.07) is 12.6. The molecule has 0 fully saturated rings. The number of benzene rings is 2. The summed E-state index contributed by atoms with van der Waals surface area (Å²) in [7, 11) is 0. The number of hydrogen-bond acceptors (Lipinski definition) is 3. The van der Waals surface area contributed by atoms with Crippen LogP contribution in [-0.4, -0.2) is 19.2 Å². The number of aryl methyl sites for hydroxylation is 2. The van der Waals surface area contributed by atoms with Gasteiger partial charge < -0.3 is 9.47 Å². The van der Waals surface area contributed by atoms with E-state index in [1.54, 1.807) is 0 Å². The molecule has 31 heavy (non-hydrogen) atoms. The van der Waals surface area contributed by atoms with E-state index in [0.717, 1.165) is 54.7 Å². The first kappa shape index (κ1) is 22.9. The summed E-state index contributed by atoms with van der Waals surface area (Å²) in [5, 5.41) is 0. The van der Waals surface area contributed by atoms with E-state index >= 15 is 0 Å². The minimum absolute atomic E-state index is 0.148. The van der Waals surface area contributed by atoms with E-state index in [9.17, 15) is 4.79 Å². The quantitative estimate of drug-likeness (QED) is 0.409. The van der Waals surface area contributed by atoms with E-state index in [0.29, 0.717) is 19.4 Å². The third-order valence-corrected chi connectivity index (χ3v) is 6.57. The van der Waals surface area contributed by atoms with E-state index < -0.39 is 0 Å². The van der Waals surface area contributed by atoms with Gasteiger partial charge in [-0.3, -0.25) is 4.79 Å². The summed E-state index contributed by atoms with van der Waals surface area (Å²) in [5.74, 6) is 7.66. The number of ether oxygens (including phenoxy) is 2. The van der Waals surface area contributed by atoms with E-state index in [2.05, 4.69) is 44.7 Å². The molecule has 1 aliphatic rings. The van der Waals surface area contributed by atoms with Crippen molar-refractivity contribution in [2.75, 3.05) is 13.2 Å². The highest BCUT2D eigenvalue weighted by molar-refractivity contribution is 5.69. The maximum Gasteiger partial charge on any atom is 0.306 e. The summed E-state index contributed by atoms with van der Waals surface area (Å²) in [6.45, 7) is 9.78. The van der Waals surface area contributed by atoms with Crippen molar-refractivity contribution in [3.63, 3.8) is 0 Å². The molecule has 0 saturated carbocycles. The van der Waals surface area contributed by atoms with Crippen LogP contribution in [0.3, 0.4) is 0 Å². The van der Waals surface area contributed by atoms with Gasteiger partial charge in [-0.05, 0) is 74.4 Å². The van der Waals surface area contributed by atoms with Crippen molar-refractivity contribution in [3.8, 4) is 17.6 Å². The van der Waals surface area contributed by atoms with Gasteiger partial charge in [-0.25, -0.2) is 0 Å². The van der Waals surface area contributed by atoms with Crippen LogP contribution in [0.25, 0.3) is 0 Å². The van der Waals surface area contributed by atoms with Gasteiger partial charge in [0, 0.05) is 28.5 Å². The number of rotatable bonds is 7. The Morgan fingerprint density at radius 2 is 1.81 bits per heavy atom. The Morgan fingerprint density at radius 3 is 2.45 bits per heavy atom. The summed E-state index contributed by atoms with van der Waals surface area (Å²) in [4.78, 5) is 11.5. The Balaban J connectivity index is 1.83. The highest BCUT2D eigenvalue weighted by Gasteiger charge is 2.35. The molecule has 0 bridgehead atoms. The van der Waals surface area contributed by atoms with Crippen LogP contribution in [0.4, 0.5) is 0 Å². The van der Waals surface area contributed by atoms with Crippen LogP contribution in [0.2, 0.25) is 0 Å². The van der Waals surface area contributed by atoms with Crippen molar-refractivity contribution < 1.29 is 14.3 Å². The van der Waals surface area contributed by atoms with Gasteiger partial charge in [0.25, 0.3) is 0 Å². The monoisotopic (exact) mass is 418 g/mol. The molecule has 0 N–H and O–H groups in total. The molecule has 2 aromatic rings. The first-order valence-corrected chi connectivity index (χ1v) is 11.6. The molecule has 3 nitrogen and oxygen atoms in total. The molecule has 0 aliphatic carbocycles. The van der Waals surface area contributed by atoms with Gasteiger partial charge in [-0.15, -0.1) is 0 Å². The molecule has 0 spiro atoms. The third kappa shape index (κ3) is 5.31. The molecule has 0 saturated heterocycles. The number of fused-ring (bicyclic) bond motifs is 1. The standard InChI is InChI=1S/C28H34O3/c1-5-23-20-26-25(28(6-2,7-3)17-18-31-26)19-24(23)15-13-21-9-11-22(12-10-21)14-16-27(29)30-8-4/h9-12,19-20H,5-8,14,16-18H2,1-4H3. The maximum atomic E-state index is 11.5. The van der Waals surface area contributed by atoms with Crippen molar-refractivity contribution in [1.29, 1.82) is 0 Å². The predicted octanol–water partition coefficient (Wildman–Crippen LogP) is 5.98. The fourth-order valence-corrected chi connectivity index (χ4v) is 4.41. The minimum atomic E-state index is -0.148. The fraction of sp³-hybridized carbons (Fsp3) is 0.464. The van der Waals surface area contributed by atoms with Gasteiger partial charge in [0.2, 0.25) is 0 Å². The number of esters is 1. The van der Waals surface area contributed by atoms with E-state index in [1.165, 1.54) is 11.1 Å². The minimum Gasteiger partial charge on any atom is -0.493 e. The molecule has 0 unspecified atom stereocenters. The Hall–Kier alpha value is -2.73. The van der Waals surface area contributed by atoms with Crippen LogP contribution >= 0.6 is 0 Å². The van der Waals surface area contributed by atoms with Crippen LogP contribution in [0.5, 0.6) is 5.75 Å². The largest absolute Gasteiger partial charge is 0.493 e. The zero-order valence-corrected chi connectivity index (χ0v) is 19.3. The van der Waals surface area contributed by atoms with E-state index in [-0.39, 0.29) is 11.4 Å². The van der Waals surface area contributed by atoms with E-state index in [4.69, 9.17) is 9.47 Å². The molecule has 3 rings (SSSR count). The Labute approximate surface area is 187 Å². The van der Waals surface area contributed by atoms with Crippen molar-refractivity contribution in [1.82, 2.24) is 0 Å². The molecular formula is C28H34O3. The summed E-state index contributed by atoms with van der Waals surface area (Å²) in [5.41, 5.74) is 5.95. The van der Waals surface area contributed by atoms with Crippen LogP contribution in [0, 0.1) is 11.8 Å². The lowest BCUT2D eigenvalue weighted by molar-refractivity contribution is -0.143. The number of carbonyl (C=O) groups excluding carboxylic acids is 1. The average Bonchev–Trinajstić information content (AvgIpc) is 2.81. The normalized spacial score (nSPS) is 14.1. The highest BCUT2D eigenvalue weighted by Crippen LogP contribution is 2.44. The molecule has 164 valence electrons. The van der Waals surface area contributed by atoms with Crippen LogP contribution in [0.1, 0.15) is 81.2 Å². The molecule has 1 heterocycles. The van der Waals surface area contributed by atoms with E-state index in [1.807, 2.05) is 31.2 Å². The number of carbonyl (C=O) groups is 1. The molecule has 2 aromatic carbocycles. The van der Waals surface area contributed by atoms with Crippen LogP contribution in [-0.2, 0) is 27.8 Å². The second-order valence-corrected chi connectivity index (χ2v) is 8.20. The van der Waals surface area contributed by atoms with Crippen molar-refractivity contribution >= 4 is 5.97 Å². The van der Waals surface area contributed by atoms with Gasteiger partial charge in [0.05, 0.1) is 13.2 Å². The fourth-order valence-electron chi connectivity index (χ4n) is 4.41. The van der Waals surface area contributed by atoms with Crippen molar-refractivity contribution in [2.24, 2.45) is 0 Å². The second kappa shape index (κ2) is 10.5. The summed E-state index contributed by atoms with van der Waals surface area (Å²) in [6.07, 6.45) is 5.33. The summed E-state index contributed by atoms with van der Waals surface area (Å²) >= 11 is 0.